The standard InChI is InChI=1S/C19H29N3O2/c1-21(2)13-10-20-18(23)15-19(24)22-11-8-17(9-12-22)14-16-6-4-3-5-7-16/h3-7,17H,8-15H2,1-2H3,(H,20,23). The van der Waals surface area contributed by atoms with E-state index in [1.54, 1.807) is 0 Å². The molecule has 1 heterocycles. The van der Waals surface area contributed by atoms with Gasteiger partial charge in [-0.05, 0) is 44.8 Å². The number of likely N-dealkylation sites (tertiary alicyclic amines) is 1. The molecule has 2 amide bonds. The van der Waals surface area contributed by atoms with E-state index in [1.807, 2.05) is 30.0 Å². The maximum atomic E-state index is 12.2. The molecule has 0 aliphatic carbocycles. The summed E-state index contributed by atoms with van der Waals surface area (Å²) in [4.78, 5) is 27.9. The Morgan fingerprint density at radius 1 is 1.17 bits per heavy atom. The van der Waals surface area contributed by atoms with Gasteiger partial charge in [0.1, 0.15) is 6.42 Å². The summed E-state index contributed by atoms with van der Waals surface area (Å²) in [5.74, 6) is 0.411. The maximum absolute atomic E-state index is 12.2. The van der Waals surface area contributed by atoms with Gasteiger partial charge in [0, 0.05) is 26.2 Å². The van der Waals surface area contributed by atoms with Crippen LogP contribution in [-0.4, -0.2) is 61.9 Å². The van der Waals surface area contributed by atoms with Crippen LogP contribution in [0.2, 0.25) is 0 Å². The molecule has 0 aromatic heterocycles. The molecule has 0 bridgehead atoms. The summed E-state index contributed by atoms with van der Waals surface area (Å²) in [6.45, 7) is 2.89. The zero-order valence-corrected chi connectivity index (χ0v) is 14.8. The number of amides is 2. The second-order valence-electron chi connectivity index (χ2n) is 6.84. The lowest BCUT2D eigenvalue weighted by atomic mass is 9.90. The lowest BCUT2D eigenvalue weighted by Crippen LogP contribution is -2.41. The zero-order valence-electron chi connectivity index (χ0n) is 14.8. The van der Waals surface area contributed by atoms with Crippen molar-refractivity contribution >= 4 is 11.8 Å². The van der Waals surface area contributed by atoms with E-state index in [0.29, 0.717) is 12.5 Å². The first kappa shape index (κ1) is 18.5. The molecule has 1 aromatic rings. The van der Waals surface area contributed by atoms with E-state index in [1.165, 1.54) is 5.56 Å². The molecule has 0 radical (unpaired) electrons. The number of hydrogen-bond acceptors (Lipinski definition) is 3. The number of hydrogen-bond donors (Lipinski definition) is 1. The van der Waals surface area contributed by atoms with Gasteiger partial charge in [-0.15, -0.1) is 0 Å². The van der Waals surface area contributed by atoms with Gasteiger partial charge in [0.05, 0.1) is 0 Å². The average molecular weight is 331 g/mol. The quantitative estimate of drug-likeness (QED) is 0.771. The van der Waals surface area contributed by atoms with Gasteiger partial charge in [0.25, 0.3) is 0 Å². The molecule has 1 saturated heterocycles. The van der Waals surface area contributed by atoms with Crippen molar-refractivity contribution in [2.24, 2.45) is 5.92 Å². The summed E-state index contributed by atoms with van der Waals surface area (Å²) in [6.07, 6.45) is 3.08. The summed E-state index contributed by atoms with van der Waals surface area (Å²) < 4.78 is 0. The zero-order chi connectivity index (χ0) is 17.4. The SMILES string of the molecule is CN(C)CCNC(=O)CC(=O)N1CCC(Cc2ccccc2)CC1. The minimum absolute atomic E-state index is 0.0310. The lowest BCUT2D eigenvalue weighted by molar-refractivity contribution is -0.137. The van der Waals surface area contributed by atoms with Crippen molar-refractivity contribution in [3.05, 3.63) is 35.9 Å². The van der Waals surface area contributed by atoms with Crippen LogP contribution in [0, 0.1) is 5.92 Å². The fourth-order valence-electron chi connectivity index (χ4n) is 3.06. The Labute approximate surface area is 145 Å². The molecule has 1 aromatic carbocycles. The number of carbonyl (C=O) groups is 2. The van der Waals surface area contributed by atoms with Crippen LogP contribution in [0.15, 0.2) is 30.3 Å². The first-order valence-electron chi connectivity index (χ1n) is 8.77. The van der Waals surface area contributed by atoms with Crippen LogP contribution in [-0.2, 0) is 16.0 Å². The first-order valence-corrected chi connectivity index (χ1v) is 8.77. The summed E-state index contributed by atoms with van der Waals surface area (Å²) >= 11 is 0. The third-order valence-electron chi connectivity index (χ3n) is 4.53. The van der Waals surface area contributed by atoms with E-state index in [-0.39, 0.29) is 18.2 Å². The Bertz CT molecular complexity index is 523. The molecule has 1 aliphatic heterocycles. The first-order chi connectivity index (χ1) is 11.5. The average Bonchev–Trinajstić information content (AvgIpc) is 2.56. The highest BCUT2D eigenvalue weighted by Gasteiger charge is 2.24. The van der Waals surface area contributed by atoms with Crippen LogP contribution in [0.3, 0.4) is 0 Å². The monoisotopic (exact) mass is 331 g/mol. The normalized spacial score (nSPS) is 15.5. The summed E-state index contributed by atoms with van der Waals surface area (Å²) in [5, 5.41) is 2.80. The predicted molar refractivity (Wildman–Crippen MR) is 95.6 cm³/mol. The van der Waals surface area contributed by atoms with Gasteiger partial charge in [-0.3, -0.25) is 9.59 Å². The summed E-state index contributed by atoms with van der Waals surface area (Å²) in [6, 6.07) is 10.5. The second-order valence-corrected chi connectivity index (χ2v) is 6.84. The van der Waals surface area contributed by atoms with Gasteiger partial charge in [-0.1, -0.05) is 30.3 Å². The van der Waals surface area contributed by atoms with Crippen LogP contribution in [0.1, 0.15) is 24.8 Å². The largest absolute Gasteiger partial charge is 0.354 e. The highest BCUT2D eigenvalue weighted by atomic mass is 16.2. The Balaban J connectivity index is 1.67. The minimum atomic E-state index is -0.173. The molecular formula is C19H29N3O2. The molecule has 1 aliphatic rings. The van der Waals surface area contributed by atoms with Crippen LogP contribution in [0.4, 0.5) is 0 Å². The molecule has 5 heteroatoms. The van der Waals surface area contributed by atoms with Crippen molar-refractivity contribution in [3.63, 3.8) is 0 Å². The molecule has 132 valence electrons. The predicted octanol–water partition coefficient (Wildman–Crippen LogP) is 1.54. The number of likely N-dealkylation sites (N-methyl/N-ethyl adjacent to an activating group) is 1. The van der Waals surface area contributed by atoms with Gasteiger partial charge in [-0.2, -0.15) is 0 Å². The van der Waals surface area contributed by atoms with E-state index < -0.39 is 0 Å². The molecule has 1 N–H and O–H groups in total. The molecule has 2 rings (SSSR count). The van der Waals surface area contributed by atoms with Crippen LogP contribution < -0.4 is 5.32 Å². The molecule has 0 spiro atoms. The number of piperidine rings is 1. The summed E-state index contributed by atoms with van der Waals surface area (Å²) in [5.41, 5.74) is 1.36. The lowest BCUT2D eigenvalue weighted by Gasteiger charge is -2.32. The number of rotatable bonds is 7. The van der Waals surface area contributed by atoms with Crippen molar-refractivity contribution < 1.29 is 9.59 Å². The molecule has 1 fully saturated rings. The summed E-state index contributed by atoms with van der Waals surface area (Å²) in [7, 11) is 3.91. The van der Waals surface area contributed by atoms with Crippen LogP contribution >= 0.6 is 0 Å². The highest BCUT2D eigenvalue weighted by molar-refractivity contribution is 5.96. The molecule has 0 saturated carbocycles. The second kappa shape index (κ2) is 9.42. The molecule has 5 nitrogen and oxygen atoms in total. The van der Waals surface area contributed by atoms with Gasteiger partial charge >= 0.3 is 0 Å². The smallest absolute Gasteiger partial charge is 0.232 e. The Morgan fingerprint density at radius 2 is 1.83 bits per heavy atom. The highest BCUT2D eigenvalue weighted by Crippen LogP contribution is 2.22. The van der Waals surface area contributed by atoms with Crippen molar-refractivity contribution in [3.8, 4) is 0 Å². The van der Waals surface area contributed by atoms with Gasteiger partial charge < -0.3 is 15.1 Å². The van der Waals surface area contributed by atoms with Crippen LogP contribution in [0.5, 0.6) is 0 Å². The van der Waals surface area contributed by atoms with Gasteiger partial charge in [0.2, 0.25) is 11.8 Å². The van der Waals surface area contributed by atoms with Gasteiger partial charge in [-0.25, -0.2) is 0 Å². The minimum Gasteiger partial charge on any atom is -0.354 e. The van der Waals surface area contributed by atoms with Crippen LogP contribution in [0.25, 0.3) is 0 Å². The fraction of sp³-hybridized carbons (Fsp3) is 0.579. The van der Waals surface area contributed by atoms with E-state index in [4.69, 9.17) is 0 Å². The van der Waals surface area contributed by atoms with E-state index in [2.05, 4.69) is 29.6 Å². The van der Waals surface area contributed by atoms with Crippen molar-refractivity contribution in [1.29, 1.82) is 0 Å². The van der Waals surface area contributed by atoms with Crippen molar-refractivity contribution in [1.82, 2.24) is 15.1 Å². The number of nitrogens with one attached hydrogen (secondary N) is 1. The third-order valence-corrected chi connectivity index (χ3v) is 4.53. The third kappa shape index (κ3) is 6.32. The number of nitrogens with zero attached hydrogens (tertiary/aromatic N) is 2. The van der Waals surface area contributed by atoms with E-state index >= 15 is 0 Å². The van der Waals surface area contributed by atoms with E-state index in [0.717, 1.165) is 38.9 Å². The number of carbonyl (C=O) groups excluding carboxylic acids is 2. The molecule has 24 heavy (non-hydrogen) atoms. The van der Waals surface area contributed by atoms with E-state index in [9.17, 15) is 9.59 Å². The molecule has 0 atom stereocenters. The molecular weight excluding hydrogens is 302 g/mol. The Hall–Kier alpha value is -1.88. The topological polar surface area (TPSA) is 52.7 Å². The maximum Gasteiger partial charge on any atom is 0.232 e. The Kier molecular flexibility index (Phi) is 7.25. The molecule has 0 unspecified atom stereocenters. The number of benzene rings is 1. The fourth-order valence-corrected chi connectivity index (χ4v) is 3.06. The van der Waals surface area contributed by atoms with Gasteiger partial charge in [0.15, 0.2) is 0 Å². The van der Waals surface area contributed by atoms with Crippen molar-refractivity contribution in [2.75, 3.05) is 40.3 Å². The van der Waals surface area contributed by atoms with Crippen molar-refractivity contribution in [2.45, 2.75) is 25.7 Å². The Morgan fingerprint density at radius 3 is 2.46 bits per heavy atom.